The first-order valence-corrected chi connectivity index (χ1v) is 8.44. The topological polar surface area (TPSA) is 67.4 Å². The van der Waals surface area contributed by atoms with Crippen LogP contribution in [0, 0.1) is 5.92 Å². The van der Waals surface area contributed by atoms with Gasteiger partial charge in [0.25, 0.3) is 0 Å². The molecule has 0 aliphatic carbocycles. The molecule has 1 atom stereocenters. The molecule has 0 spiro atoms. The fraction of sp³-hybridized carbons (Fsp3) is 0.412. The van der Waals surface area contributed by atoms with E-state index in [-0.39, 0.29) is 12.0 Å². The molecule has 0 radical (unpaired) electrons. The van der Waals surface area contributed by atoms with Crippen molar-refractivity contribution in [3.63, 3.8) is 0 Å². The maximum Gasteiger partial charge on any atom is 0.338 e. The predicted octanol–water partition coefficient (Wildman–Crippen LogP) is 4.21. The average molecular weight is 371 g/mol. The van der Waals surface area contributed by atoms with Crippen LogP contribution in [0.3, 0.4) is 0 Å². The van der Waals surface area contributed by atoms with Crippen LogP contribution in [0.2, 0.25) is 10.0 Å². The number of rotatable bonds is 4. The van der Waals surface area contributed by atoms with Crippen molar-refractivity contribution in [2.45, 2.75) is 39.8 Å². The van der Waals surface area contributed by atoms with Crippen LogP contribution < -0.4 is 10.6 Å². The summed E-state index contributed by atoms with van der Waals surface area (Å²) < 4.78 is 5.36. The van der Waals surface area contributed by atoms with Crippen LogP contribution in [-0.4, -0.2) is 18.1 Å². The first-order valence-electron chi connectivity index (χ1n) is 7.68. The normalized spacial score (nSPS) is 17.8. The third-order valence-electron chi connectivity index (χ3n) is 3.53. The first kappa shape index (κ1) is 18.6. The molecular formula is C17H20Cl2N2O3. The third-order valence-corrected chi connectivity index (χ3v) is 4.19. The van der Waals surface area contributed by atoms with Gasteiger partial charge in [-0.3, -0.25) is 0 Å². The smallest absolute Gasteiger partial charge is 0.338 e. The van der Waals surface area contributed by atoms with Crippen molar-refractivity contribution in [2.75, 3.05) is 0 Å². The quantitative estimate of drug-likeness (QED) is 0.780. The molecule has 1 aromatic carbocycles. The lowest BCUT2D eigenvalue weighted by atomic mass is 9.91. The molecule has 1 heterocycles. The molecule has 2 N–H and O–H groups in total. The molecular weight excluding hydrogens is 351 g/mol. The summed E-state index contributed by atoms with van der Waals surface area (Å²) >= 11 is 12.6. The number of urea groups is 1. The number of allylic oxidation sites excluding steroid dienone is 1. The van der Waals surface area contributed by atoms with Crippen LogP contribution in [0.25, 0.3) is 0 Å². The van der Waals surface area contributed by atoms with Crippen molar-refractivity contribution in [1.29, 1.82) is 0 Å². The molecule has 1 unspecified atom stereocenters. The van der Waals surface area contributed by atoms with Gasteiger partial charge in [0.2, 0.25) is 0 Å². The van der Waals surface area contributed by atoms with Gasteiger partial charge in [-0.25, -0.2) is 9.59 Å². The van der Waals surface area contributed by atoms with Crippen LogP contribution in [0.15, 0.2) is 29.5 Å². The zero-order valence-corrected chi connectivity index (χ0v) is 15.5. The van der Waals surface area contributed by atoms with Crippen LogP contribution in [0.5, 0.6) is 0 Å². The van der Waals surface area contributed by atoms with Crippen LogP contribution in [0.1, 0.15) is 39.3 Å². The van der Waals surface area contributed by atoms with E-state index in [4.69, 9.17) is 27.9 Å². The minimum Gasteiger partial charge on any atom is -0.459 e. The van der Waals surface area contributed by atoms with E-state index < -0.39 is 18.0 Å². The Kier molecular flexibility index (Phi) is 5.78. The Hall–Kier alpha value is -1.72. The van der Waals surface area contributed by atoms with Crippen LogP contribution in [0.4, 0.5) is 4.79 Å². The van der Waals surface area contributed by atoms with Crippen molar-refractivity contribution >= 4 is 35.2 Å². The summed E-state index contributed by atoms with van der Waals surface area (Å²) in [7, 11) is 0. The summed E-state index contributed by atoms with van der Waals surface area (Å²) in [6.07, 6.45) is -0.293. The lowest BCUT2D eigenvalue weighted by molar-refractivity contribution is -0.143. The molecule has 130 valence electrons. The number of esters is 1. The van der Waals surface area contributed by atoms with Gasteiger partial charge in [-0.2, -0.15) is 0 Å². The van der Waals surface area contributed by atoms with E-state index in [0.717, 1.165) is 0 Å². The summed E-state index contributed by atoms with van der Waals surface area (Å²) in [6, 6.07) is 3.84. The monoisotopic (exact) mass is 370 g/mol. The number of hydrogen-bond acceptors (Lipinski definition) is 3. The standard InChI is InChI=1S/C17H20Cl2N2O3/c1-8(2)14-13(16(22)24-9(3)4)15(21-17(23)20-14)12-10(18)6-5-7-11(12)19/h5-9,15H,1-4H3,(H2,20,21,23). The molecule has 1 aliphatic heterocycles. The van der Waals surface area contributed by atoms with Gasteiger partial charge in [0.05, 0.1) is 17.7 Å². The molecule has 2 amide bonds. The van der Waals surface area contributed by atoms with Crippen molar-refractivity contribution in [2.24, 2.45) is 5.92 Å². The largest absolute Gasteiger partial charge is 0.459 e. The van der Waals surface area contributed by atoms with E-state index in [2.05, 4.69) is 10.6 Å². The highest BCUT2D eigenvalue weighted by atomic mass is 35.5. The van der Waals surface area contributed by atoms with Gasteiger partial charge < -0.3 is 15.4 Å². The molecule has 0 fully saturated rings. The Morgan fingerprint density at radius 2 is 1.75 bits per heavy atom. The number of amides is 2. The van der Waals surface area contributed by atoms with E-state index >= 15 is 0 Å². The minimum atomic E-state index is -0.774. The molecule has 2 rings (SSSR count). The fourth-order valence-corrected chi connectivity index (χ4v) is 3.16. The molecule has 24 heavy (non-hydrogen) atoms. The molecule has 0 saturated carbocycles. The van der Waals surface area contributed by atoms with Crippen LogP contribution in [-0.2, 0) is 9.53 Å². The summed E-state index contributed by atoms with van der Waals surface area (Å²) in [5, 5.41) is 6.16. The van der Waals surface area contributed by atoms with E-state index in [1.165, 1.54) is 0 Å². The Morgan fingerprint density at radius 3 is 2.25 bits per heavy atom. The molecule has 0 aromatic heterocycles. The highest BCUT2D eigenvalue weighted by molar-refractivity contribution is 6.36. The van der Waals surface area contributed by atoms with Crippen molar-refractivity contribution in [1.82, 2.24) is 10.6 Å². The van der Waals surface area contributed by atoms with Gasteiger partial charge in [0.1, 0.15) is 0 Å². The lowest BCUT2D eigenvalue weighted by Gasteiger charge is -2.32. The minimum absolute atomic E-state index is 0.0884. The summed E-state index contributed by atoms with van der Waals surface area (Å²) in [5.41, 5.74) is 1.29. The number of hydrogen-bond donors (Lipinski definition) is 2. The second-order valence-electron chi connectivity index (χ2n) is 6.10. The summed E-state index contributed by atoms with van der Waals surface area (Å²) in [4.78, 5) is 24.8. The van der Waals surface area contributed by atoms with Crippen molar-refractivity contribution < 1.29 is 14.3 Å². The van der Waals surface area contributed by atoms with Gasteiger partial charge in [0.15, 0.2) is 0 Å². The highest BCUT2D eigenvalue weighted by Gasteiger charge is 2.37. The Balaban J connectivity index is 2.64. The number of halogens is 2. The van der Waals surface area contributed by atoms with E-state index in [0.29, 0.717) is 26.9 Å². The molecule has 0 bridgehead atoms. The Bertz CT molecular complexity index is 679. The van der Waals surface area contributed by atoms with Gasteiger partial charge in [-0.1, -0.05) is 43.1 Å². The predicted molar refractivity (Wildman–Crippen MR) is 94.0 cm³/mol. The zero-order valence-electron chi connectivity index (χ0n) is 13.9. The maximum atomic E-state index is 12.7. The molecule has 1 aromatic rings. The third kappa shape index (κ3) is 3.84. The van der Waals surface area contributed by atoms with Gasteiger partial charge in [0, 0.05) is 21.3 Å². The summed E-state index contributed by atoms with van der Waals surface area (Å²) in [6.45, 7) is 7.29. The average Bonchev–Trinajstić information content (AvgIpc) is 2.45. The van der Waals surface area contributed by atoms with Crippen LogP contribution >= 0.6 is 23.2 Å². The second kappa shape index (κ2) is 7.45. The first-order chi connectivity index (χ1) is 11.2. The Labute approximate surface area is 151 Å². The highest BCUT2D eigenvalue weighted by Crippen LogP contribution is 2.38. The van der Waals surface area contributed by atoms with Gasteiger partial charge in [-0.15, -0.1) is 0 Å². The molecule has 0 saturated heterocycles. The number of ether oxygens (including phenoxy) is 1. The van der Waals surface area contributed by atoms with Gasteiger partial charge >= 0.3 is 12.0 Å². The molecule has 5 nitrogen and oxygen atoms in total. The number of carbonyl (C=O) groups is 2. The van der Waals surface area contributed by atoms with Crippen molar-refractivity contribution in [3.8, 4) is 0 Å². The molecule has 7 heteroatoms. The number of benzene rings is 1. The Morgan fingerprint density at radius 1 is 1.17 bits per heavy atom. The van der Waals surface area contributed by atoms with E-state index in [1.54, 1.807) is 32.0 Å². The number of carbonyl (C=O) groups excluding carboxylic acids is 2. The fourth-order valence-electron chi connectivity index (χ4n) is 2.55. The summed E-state index contributed by atoms with van der Waals surface area (Å²) in [5.74, 6) is -0.600. The van der Waals surface area contributed by atoms with E-state index in [1.807, 2.05) is 13.8 Å². The SMILES string of the molecule is CC(C)OC(=O)C1=C(C(C)C)NC(=O)NC1c1c(Cl)cccc1Cl. The maximum absolute atomic E-state index is 12.7. The molecule has 1 aliphatic rings. The lowest BCUT2D eigenvalue weighted by Crippen LogP contribution is -2.47. The second-order valence-corrected chi connectivity index (χ2v) is 6.92. The van der Waals surface area contributed by atoms with Crippen molar-refractivity contribution in [3.05, 3.63) is 45.1 Å². The number of nitrogens with one attached hydrogen (secondary N) is 2. The van der Waals surface area contributed by atoms with E-state index in [9.17, 15) is 9.59 Å². The van der Waals surface area contributed by atoms with Gasteiger partial charge in [-0.05, 0) is 31.9 Å². The zero-order chi connectivity index (χ0) is 18.0.